The Kier molecular flexibility index (Phi) is 8.05. The number of nitrogens with one attached hydrogen (secondary N) is 2. The maximum atomic E-state index is 12.3. The van der Waals surface area contributed by atoms with E-state index in [1.165, 1.54) is 0 Å². The molecule has 29 heavy (non-hydrogen) atoms. The Morgan fingerprint density at radius 2 is 1.86 bits per heavy atom. The number of ether oxygens (including phenoxy) is 1. The summed E-state index contributed by atoms with van der Waals surface area (Å²) in [6.45, 7) is 8.87. The van der Waals surface area contributed by atoms with Gasteiger partial charge in [0.25, 0.3) is 0 Å². The van der Waals surface area contributed by atoms with Crippen LogP contribution in [-0.4, -0.2) is 54.1 Å². The highest BCUT2D eigenvalue weighted by molar-refractivity contribution is 5.79. The Labute approximate surface area is 173 Å². The van der Waals surface area contributed by atoms with E-state index < -0.39 is 11.7 Å². The predicted molar refractivity (Wildman–Crippen MR) is 111 cm³/mol. The van der Waals surface area contributed by atoms with Gasteiger partial charge >= 0.3 is 6.09 Å². The van der Waals surface area contributed by atoms with Crippen molar-refractivity contribution in [1.29, 1.82) is 0 Å². The van der Waals surface area contributed by atoms with Crippen molar-refractivity contribution in [2.45, 2.75) is 65.0 Å². The van der Waals surface area contributed by atoms with Crippen LogP contribution in [0.3, 0.4) is 0 Å². The summed E-state index contributed by atoms with van der Waals surface area (Å²) in [6.07, 6.45) is 1.58. The number of hydrogen-bond acceptors (Lipinski definition) is 4. The molecule has 1 aliphatic rings. The molecular weight excluding hydrogens is 370 g/mol. The molecule has 0 spiro atoms. The summed E-state index contributed by atoms with van der Waals surface area (Å²) >= 11 is 0. The molecule has 1 saturated heterocycles. The Bertz CT molecular complexity index is 719. The molecule has 0 saturated carbocycles. The summed E-state index contributed by atoms with van der Waals surface area (Å²) in [5.74, 6) is 0.0209. The first-order valence-corrected chi connectivity index (χ1v) is 10.2. The molecule has 0 atom stereocenters. The van der Waals surface area contributed by atoms with Crippen molar-refractivity contribution in [1.82, 2.24) is 15.5 Å². The van der Waals surface area contributed by atoms with Crippen molar-refractivity contribution >= 4 is 17.9 Å². The lowest BCUT2D eigenvalue weighted by atomic mass is 10.0. The normalized spacial score (nSPS) is 15.0. The van der Waals surface area contributed by atoms with E-state index in [1.807, 2.05) is 31.2 Å². The number of carbonyl (C=O) groups excluding carboxylic acids is 3. The number of nitrogens with zero attached hydrogens (tertiary/aromatic N) is 1. The summed E-state index contributed by atoms with van der Waals surface area (Å²) < 4.78 is 5.15. The molecule has 1 aromatic rings. The van der Waals surface area contributed by atoms with Crippen molar-refractivity contribution in [3.63, 3.8) is 0 Å². The van der Waals surface area contributed by atoms with E-state index >= 15 is 0 Å². The number of amides is 3. The molecule has 7 heteroatoms. The van der Waals surface area contributed by atoms with Gasteiger partial charge in [-0.15, -0.1) is 0 Å². The van der Waals surface area contributed by atoms with Crippen LogP contribution in [-0.2, 0) is 20.7 Å². The number of likely N-dealkylation sites (tertiary alicyclic amines) is 1. The van der Waals surface area contributed by atoms with Gasteiger partial charge in [-0.25, -0.2) is 4.79 Å². The third kappa shape index (κ3) is 8.54. The largest absolute Gasteiger partial charge is 0.444 e. The van der Waals surface area contributed by atoms with Gasteiger partial charge in [-0.1, -0.05) is 29.8 Å². The first-order valence-electron chi connectivity index (χ1n) is 10.2. The predicted octanol–water partition coefficient (Wildman–Crippen LogP) is 2.56. The van der Waals surface area contributed by atoms with Crippen LogP contribution in [0.4, 0.5) is 4.79 Å². The van der Waals surface area contributed by atoms with Gasteiger partial charge in [-0.2, -0.15) is 0 Å². The summed E-state index contributed by atoms with van der Waals surface area (Å²) in [6, 6.07) is 8.04. The highest BCUT2D eigenvalue weighted by atomic mass is 16.6. The molecule has 2 rings (SSSR count). The second-order valence-corrected chi connectivity index (χ2v) is 8.57. The van der Waals surface area contributed by atoms with Crippen LogP contribution in [0.25, 0.3) is 0 Å². The maximum absolute atomic E-state index is 12.3. The van der Waals surface area contributed by atoms with E-state index in [0.29, 0.717) is 19.5 Å². The zero-order valence-electron chi connectivity index (χ0n) is 17.9. The molecule has 3 amide bonds. The Morgan fingerprint density at radius 3 is 2.48 bits per heavy atom. The van der Waals surface area contributed by atoms with Gasteiger partial charge in [-0.05, 0) is 46.1 Å². The summed E-state index contributed by atoms with van der Waals surface area (Å²) in [5, 5.41) is 5.68. The van der Waals surface area contributed by atoms with Crippen LogP contribution in [0.2, 0.25) is 0 Å². The number of carbonyl (C=O) groups is 3. The quantitative estimate of drug-likeness (QED) is 0.764. The fraction of sp³-hybridized carbons (Fsp3) is 0.591. The van der Waals surface area contributed by atoms with Crippen molar-refractivity contribution in [3.8, 4) is 0 Å². The van der Waals surface area contributed by atoms with Gasteiger partial charge in [-0.3, -0.25) is 9.59 Å². The number of aryl methyl sites for hydroxylation is 1. The molecule has 160 valence electrons. The van der Waals surface area contributed by atoms with Crippen LogP contribution in [0.15, 0.2) is 24.3 Å². The minimum Gasteiger partial charge on any atom is -0.444 e. The number of alkyl carbamates (subject to hydrolysis) is 1. The van der Waals surface area contributed by atoms with Gasteiger partial charge in [0.15, 0.2) is 0 Å². The van der Waals surface area contributed by atoms with Crippen molar-refractivity contribution < 1.29 is 19.1 Å². The van der Waals surface area contributed by atoms with Gasteiger partial charge < -0.3 is 20.3 Å². The monoisotopic (exact) mass is 403 g/mol. The molecule has 1 fully saturated rings. The molecule has 1 heterocycles. The molecule has 1 aromatic carbocycles. The topological polar surface area (TPSA) is 87.7 Å². The van der Waals surface area contributed by atoms with Crippen molar-refractivity contribution in [3.05, 3.63) is 35.4 Å². The van der Waals surface area contributed by atoms with E-state index in [0.717, 1.165) is 24.0 Å². The Hall–Kier alpha value is -2.57. The summed E-state index contributed by atoms with van der Waals surface area (Å²) in [4.78, 5) is 38.0. The standard InChI is InChI=1S/C22H33N3O4/c1-16-6-5-7-17(14-16)15-19(26)24-18-9-12-25(13-10-18)20(27)8-11-23-21(28)29-22(2,3)4/h5-7,14,18H,8-13,15H2,1-4H3,(H,23,28)(H,24,26). The van der Waals surface area contributed by atoms with Crippen LogP contribution in [0.1, 0.15) is 51.2 Å². The average Bonchev–Trinajstić information content (AvgIpc) is 2.60. The highest BCUT2D eigenvalue weighted by Crippen LogP contribution is 2.12. The number of piperidine rings is 1. The fourth-order valence-electron chi connectivity index (χ4n) is 3.30. The molecular formula is C22H33N3O4. The first kappa shape index (κ1) is 22.7. The maximum Gasteiger partial charge on any atom is 0.407 e. The first-order chi connectivity index (χ1) is 13.6. The van der Waals surface area contributed by atoms with Crippen LogP contribution in [0, 0.1) is 6.92 Å². The van der Waals surface area contributed by atoms with Crippen LogP contribution < -0.4 is 10.6 Å². The lowest BCUT2D eigenvalue weighted by molar-refractivity contribution is -0.132. The Morgan fingerprint density at radius 1 is 1.17 bits per heavy atom. The average molecular weight is 404 g/mol. The molecule has 0 radical (unpaired) electrons. The summed E-state index contributed by atoms with van der Waals surface area (Å²) in [7, 11) is 0. The molecule has 0 unspecified atom stereocenters. The fourth-order valence-corrected chi connectivity index (χ4v) is 3.30. The molecule has 0 aromatic heterocycles. The van der Waals surface area contributed by atoms with Gasteiger partial charge in [0.2, 0.25) is 11.8 Å². The van der Waals surface area contributed by atoms with E-state index in [1.54, 1.807) is 25.7 Å². The second kappa shape index (κ2) is 10.3. The molecule has 7 nitrogen and oxygen atoms in total. The Balaban J connectivity index is 1.65. The smallest absolute Gasteiger partial charge is 0.407 e. The molecule has 0 aliphatic carbocycles. The summed E-state index contributed by atoms with van der Waals surface area (Å²) in [5.41, 5.74) is 1.59. The second-order valence-electron chi connectivity index (χ2n) is 8.57. The highest BCUT2D eigenvalue weighted by Gasteiger charge is 2.24. The van der Waals surface area contributed by atoms with Gasteiger partial charge in [0.1, 0.15) is 5.60 Å². The number of benzene rings is 1. The van der Waals surface area contributed by atoms with Gasteiger partial charge in [0.05, 0.1) is 6.42 Å². The zero-order chi connectivity index (χ0) is 21.4. The molecule has 1 aliphatic heterocycles. The molecule has 0 bridgehead atoms. The van der Waals surface area contributed by atoms with Crippen molar-refractivity contribution in [2.24, 2.45) is 0 Å². The lowest BCUT2D eigenvalue weighted by Gasteiger charge is -2.32. The van der Waals surface area contributed by atoms with E-state index in [-0.39, 0.29) is 30.8 Å². The minimum atomic E-state index is -0.556. The van der Waals surface area contributed by atoms with Gasteiger partial charge in [0, 0.05) is 32.1 Å². The van der Waals surface area contributed by atoms with E-state index in [4.69, 9.17) is 4.74 Å². The van der Waals surface area contributed by atoms with Crippen molar-refractivity contribution in [2.75, 3.05) is 19.6 Å². The lowest BCUT2D eigenvalue weighted by Crippen LogP contribution is -2.47. The third-order valence-corrected chi connectivity index (χ3v) is 4.67. The third-order valence-electron chi connectivity index (χ3n) is 4.67. The van der Waals surface area contributed by atoms with E-state index in [9.17, 15) is 14.4 Å². The van der Waals surface area contributed by atoms with Crippen LogP contribution >= 0.6 is 0 Å². The SMILES string of the molecule is Cc1cccc(CC(=O)NC2CCN(C(=O)CCNC(=O)OC(C)(C)C)CC2)c1. The number of hydrogen-bond donors (Lipinski definition) is 2. The zero-order valence-corrected chi connectivity index (χ0v) is 17.9. The minimum absolute atomic E-state index is 0.00518. The van der Waals surface area contributed by atoms with Crippen LogP contribution in [0.5, 0.6) is 0 Å². The van der Waals surface area contributed by atoms with E-state index in [2.05, 4.69) is 10.6 Å². The number of rotatable bonds is 6. The molecule has 2 N–H and O–H groups in total.